The van der Waals surface area contributed by atoms with Gasteiger partial charge in [0.15, 0.2) is 5.16 Å². The van der Waals surface area contributed by atoms with Crippen LogP contribution < -0.4 is 0 Å². The molecule has 7 nitrogen and oxygen atoms in total. The molecular formula is C22H20N6OS. The van der Waals surface area contributed by atoms with Crippen LogP contribution in [0.1, 0.15) is 11.3 Å². The molecule has 4 rings (SSSR count). The Balaban J connectivity index is 1.48. The number of imidazole rings is 1. The maximum Gasteiger partial charge on any atom is 0.233 e. The van der Waals surface area contributed by atoms with Gasteiger partial charge in [0.1, 0.15) is 5.82 Å². The van der Waals surface area contributed by atoms with Crippen molar-refractivity contribution in [2.75, 3.05) is 5.75 Å². The maximum atomic E-state index is 13.0. The van der Waals surface area contributed by atoms with Crippen molar-refractivity contribution in [2.24, 2.45) is 0 Å². The summed E-state index contributed by atoms with van der Waals surface area (Å²) in [7, 11) is 0. The quantitative estimate of drug-likeness (QED) is 0.349. The number of nitrogens with one attached hydrogen (secondary N) is 1. The Kier molecular flexibility index (Phi) is 6.46. The first kappa shape index (κ1) is 19.8. The van der Waals surface area contributed by atoms with Gasteiger partial charge >= 0.3 is 0 Å². The third-order valence-electron chi connectivity index (χ3n) is 4.35. The van der Waals surface area contributed by atoms with Crippen molar-refractivity contribution in [3.63, 3.8) is 0 Å². The van der Waals surface area contributed by atoms with Gasteiger partial charge in [-0.2, -0.15) is 0 Å². The number of benzene rings is 1. The predicted octanol–water partition coefficient (Wildman–Crippen LogP) is 3.58. The zero-order valence-electron chi connectivity index (χ0n) is 16.2. The summed E-state index contributed by atoms with van der Waals surface area (Å²) in [4.78, 5) is 35.1. The third kappa shape index (κ3) is 5.30. The van der Waals surface area contributed by atoms with E-state index in [0.717, 1.165) is 22.6 Å². The minimum Gasteiger partial charge on any atom is -0.340 e. The molecule has 4 aromatic rings. The average Bonchev–Trinajstić information content (AvgIpc) is 3.28. The normalized spacial score (nSPS) is 10.7. The molecule has 1 aromatic carbocycles. The lowest BCUT2D eigenvalue weighted by Crippen LogP contribution is -2.31. The van der Waals surface area contributed by atoms with E-state index in [1.165, 1.54) is 11.8 Å². The minimum absolute atomic E-state index is 0.00725. The van der Waals surface area contributed by atoms with Gasteiger partial charge in [-0.3, -0.25) is 9.78 Å². The van der Waals surface area contributed by atoms with E-state index in [1.807, 2.05) is 42.5 Å². The highest BCUT2D eigenvalue weighted by atomic mass is 32.2. The van der Waals surface area contributed by atoms with E-state index in [9.17, 15) is 4.79 Å². The molecule has 0 saturated heterocycles. The number of aromatic nitrogens is 5. The van der Waals surface area contributed by atoms with Crippen LogP contribution in [0.5, 0.6) is 0 Å². The van der Waals surface area contributed by atoms with Crippen LogP contribution in [0.25, 0.3) is 11.4 Å². The fraction of sp³-hybridized carbons (Fsp3) is 0.136. The lowest BCUT2D eigenvalue weighted by Gasteiger charge is -2.22. The summed E-state index contributed by atoms with van der Waals surface area (Å²) < 4.78 is 0. The van der Waals surface area contributed by atoms with Crippen molar-refractivity contribution >= 4 is 17.7 Å². The number of hydrogen-bond donors (Lipinski definition) is 1. The zero-order chi connectivity index (χ0) is 20.6. The third-order valence-corrected chi connectivity index (χ3v) is 5.21. The predicted molar refractivity (Wildman–Crippen MR) is 115 cm³/mol. The summed E-state index contributed by atoms with van der Waals surface area (Å²) in [5.74, 6) is 1.03. The first-order valence-corrected chi connectivity index (χ1v) is 10.4. The number of rotatable bonds is 8. The van der Waals surface area contributed by atoms with E-state index in [4.69, 9.17) is 0 Å². The highest BCUT2D eigenvalue weighted by Crippen LogP contribution is 2.18. The van der Waals surface area contributed by atoms with Crippen molar-refractivity contribution in [2.45, 2.75) is 18.2 Å². The van der Waals surface area contributed by atoms with Gasteiger partial charge < -0.3 is 9.88 Å². The Morgan fingerprint density at radius 3 is 2.50 bits per heavy atom. The molecule has 0 radical (unpaired) electrons. The molecule has 150 valence electrons. The molecule has 0 spiro atoms. The van der Waals surface area contributed by atoms with Crippen molar-refractivity contribution in [3.05, 3.63) is 90.8 Å². The summed E-state index contributed by atoms with van der Waals surface area (Å²) >= 11 is 1.33. The summed E-state index contributed by atoms with van der Waals surface area (Å²) in [6.45, 7) is 0.881. The first-order valence-electron chi connectivity index (χ1n) is 9.44. The molecule has 3 aromatic heterocycles. The van der Waals surface area contributed by atoms with Gasteiger partial charge in [0, 0.05) is 36.9 Å². The summed E-state index contributed by atoms with van der Waals surface area (Å²) in [6.07, 6.45) is 8.61. The van der Waals surface area contributed by atoms with Crippen LogP contribution in [-0.2, 0) is 17.9 Å². The number of aromatic amines is 1. The van der Waals surface area contributed by atoms with Gasteiger partial charge in [0.2, 0.25) is 5.91 Å². The maximum absolute atomic E-state index is 13.0. The molecular weight excluding hydrogens is 396 g/mol. The number of carbonyl (C=O) groups is 1. The molecule has 0 fully saturated rings. The second-order valence-electron chi connectivity index (χ2n) is 6.55. The second kappa shape index (κ2) is 9.80. The molecule has 0 unspecified atom stereocenters. The molecule has 8 heteroatoms. The molecule has 0 aliphatic carbocycles. The van der Waals surface area contributed by atoms with E-state index in [0.29, 0.717) is 18.2 Å². The van der Waals surface area contributed by atoms with Crippen molar-refractivity contribution in [1.82, 2.24) is 29.8 Å². The van der Waals surface area contributed by atoms with Gasteiger partial charge in [-0.15, -0.1) is 0 Å². The molecule has 0 atom stereocenters. The van der Waals surface area contributed by atoms with Crippen LogP contribution in [0, 0.1) is 0 Å². The fourth-order valence-corrected chi connectivity index (χ4v) is 3.62. The highest BCUT2D eigenvalue weighted by molar-refractivity contribution is 7.99. The Bertz CT molecular complexity index is 1070. The SMILES string of the molecule is O=C(CSc1ncccn1)N(Cc1cccnc1)Cc1cnc(-c2ccccc2)[nH]1. The average molecular weight is 417 g/mol. The van der Waals surface area contributed by atoms with Gasteiger partial charge in [-0.05, 0) is 17.7 Å². The van der Waals surface area contributed by atoms with Crippen molar-refractivity contribution in [3.8, 4) is 11.4 Å². The number of nitrogens with zero attached hydrogens (tertiary/aromatic N) is 5. The van der Waals surface area contributed by atoms with Crippen LogP contribution in [0.2, 0.25) is 0 Å². The number of carbonyl (C=O) groups excluding carboxylic acids is 1. The zero-order valence-corrected chi connectivity index (χ0v) is 17.0. The van der Waals surface area contributed by atoms with Gasteiger partial charge in [0.05, 0.1) is 24.2 Å². The molecule has 0 aliphatic heterocycles. The van der Waals surface area contributed by atoms with Gasteiger partial charge in [-0.25, -0.2) is 15.0 Å². The Labute approximate surface area is 178 Å². The number of pyridine rings is 1. The molecule has 3 heterocycles. The molecule has 1 amide bonds. The number of H-pyrrole nitrogens is 1. The topological polar surface area (TPSA) is 87.7 Å². The van der Waals surface area contributed by atoms with Gasteiger partial charge in [0.25, 0.3) is 0 Å². The monoisotopic (exact) mass is 416 g/mol. The van der Waals surface area contributed by atoms with E-state index >= 15 is 0 Å². The summed E-state index contributed by atoms with van der Waals surface area (Å²) in [6, 6.07) is 15.5. The van der Waals surface area contributed by atoms with Crippen LogP contribution in [0.15, 0.2) is 84.7 Å². The molecule has 0 saturated carbocycles. The van der Waals surface area contributed by atoms with Gasteiger partial charge in [-0.1, -0.05) is 48.2 Å². The number of hydrogen-bond acceptors (Lipinski definition) is 6. The van der Waals surface area contributed by atoms with Crippen molar-refractivity contribution in [1.29, 1.82) is 0 Å². The first-order chi connectivity index (χ1) is 14.8. The number of thioether (sulfide) groups is 1. The molecule has 0 aliphatic rings. The van der Waals surface area contributed by atoms with E-state index in [-0.39, 0.29) is 11.7 Å². The second-order valence-corrected chi connectivity index (χ2v) is 7.50. The molecule has 0 bridgehead atoms. The molecule has 1 N–H and O–H groups in total. The van der Waals surface area contributed by atoms with E-state index < -0.39 is 0 Å². The summed E-state index contributed by atoms with van der Waals surface area (Å²) in [5.41, 5.74) is 2.84. The Morgan fingerprint density at radius 2 is 1.73 bits per heavy atom. The van der Waals surface area contributed by atoms with Crippen LogP contribution in [0.4, 0.5) is 0 Å². The smallest absolute Gasteiger partial charge is 0.233 e. The highest BCUT2D eigenvalue weighted by Gasteiger charge is 2.17. The van der Waals surface area contributed by atoms with E-state index in [1.54, 1.807) is 42.0 Å². The number of amides is 1. The van der Waals surface area contributed by atoms with Crippen LogP contribution in [0.3, 0.4) is 0 Å². The molecule has 30 heavy (non-hydrogen) atoms. The van der Waals surface area contributed by atoms with Crippen LogP contribution >= 0.6 is 11.8 Å². The summed E-state index contributed by atoms with van der Waals surface area (Å²) in [5, 5.41) is 0.583. The lowest BCUT2D eigenvalue weighted by molar-refractivity contribution is -0.129. The Morgan fingerprint density at radius 1 is 0.900 bits per heavy atom. The Hall–Kier alpha value is -3.52. The van der Waals surface area contributed by atoms with E-state index in [2.05, 4.69) is 24.9 Å². The minimum atomic E-state index is -0.00725. The largest absolute Gasteiger partial charge is 0.340 e. The van der Waals surface area contributed by atoms with Crippen LogP contribution in [-0.4, -0.2) is 41.5 Å². The standard InChI is InChI=1S/C22H20N6OS/c29-20(16-30-22-24-10-5-11-25-22)28(14-17-6-4-9-23-12-17)15-19-13-26-21(27-19)18-7-2-1-3-8-18/h1-13H,14-16H2,(H,26,27). The fourth-order valence-electron chi connectivity index (χ4n) is 2.91. The van der Waals surface area contributed by atoms with Crippen molar-refractivity contribution < 1.29 is 4.79 Å². The lowest BCUT2D eigenvalue weighted by atomic mass is 10.2.